The van der Waals surface area contributed by atoms with E-state index in [4.69, 9.17) is 5.26 Å². The smallest absolute Gasteiger partial charge is 0.128 e. The molecule has 0 bridgehead atoms. The van der Waals surface area contributed by atoms with Crippen LogP contribution in [0.4, 0.5) is 5.82 Å². The van der Waals surface area contributed by atoms with Crippen molar-refractivity contribution in [2.45, 2.75) is 20.3 Å². The van der Waals surface area contributed by atoms with Gasteiger partial charge in [0.2, 0.25) is 0 Å². The van der Waals surface area contributed by atoms with Crippen molar-refractivity contribution >= 4 is 5.82 Å². The van der Waals surface area contributed by atoms with E-state index in [1.165, 1.54) is 0 Å². The van der Waals surface area contributed by atoms with Crippen LogP contribution in [-0.2, 0) is 0 Å². The fourth-order valence-corrected chi connectivity index (χ4v) is 1.33. The lowest BCUT2D eigenvalue weighted by molar-refractivity contribution is 0.834. The number of pyridine rings is 1. The third-order valence-electron chi connectivity index (χ3n) is 2.14. The summed E-state index contributed by atoms with van der Waals surface area (Å²) in [6, 6.07) is 5.83. The Morgan fingerprint density at radius 2 is 2.21 bits per heavy atom. The third-order valence-corrected chi connectivity index (χ3v) is 2.14. The lowest BCUT2D eigenvalue weighted by Crippen LogP contribution is -2.19. The van der Waals surface area contributed by atoms with E-state index in [0.29, 0.717) is 5.56 Å². The van der Waals surface area contributed by atoms with E-state index >= 15 is 0 Å². The molecule has 0 aliphatic heterocycles. The topological polar surface area (TPSA) is 39.9 Å². The van der Waals surface area contributed by atoms with Crippen LogP contribution in [-0.4, -0.2) is 18.6 Å². The Hall–Kier alpha value is -1.56. The normalized spacial score (nSPS) is 9.57. The minimum atomic E-state index is 0.652. The van der Waals surface area contributed by atoms with Crippen molar-refractivity contribution in [1.29, 1.82) is 5.26 Å². The van der Waals surface area contributed by atoms with Crippen LogP contribution in [0.3, 0.4) is 0 Å². The van der Waals surface area contributed by atoms with Gasteiger partial charge in [-0.25, -0.2) is 4.98 Å². The van der Waals surface area contributed by atoms with Crippen LogP contribution >= 0.6 is 0 Å². The molecule has 0 saturated carbocycles. The van der Waals surface area contributed by atoms with Crippen LogP contribution in [0.15, 0.2) is 12.1 Å². The van der Waals surface area contributed by atoms with Gasteiger partial charge in [0.15, 0.2) is 0 Å². The highest BCUT2D eigenvalue weighted by Crippen LogP contribution is 2.12. The molecule has 3 nitrogen and oxygen atoms in total. The first-order valence-electron chi connectivity index (χ1n) is 4.78. The maximum atomic E-state index is 8.75. The summed E-state index contributed by atoms with van der Waals surface area (Å²) in [6.07, 6.45) is 1.09. The summed E-state index contributed by atoms with van der Waals surface area (Å²) in [5.41, 5.74) is 1.45. The lowest BCUT2D eigenvalue weighted by Gasteiger charge is -2.17. The number of anilines is 1. The van der Waals surface area contributed by atoms with Gasteiger partial charge in [-0.3, -0.25) is 0 Å². The number of rotatable bonds is 3. The summed E-state index contributed by atoms with van der Waals surface area (Å²) in [4.78, 5) is 6.46. The molecule has 0 fully saturated rings. The molecule has 0 atom stereocenters. The van der Waals surface area contributed by atoms with Gasteiger partial charge in [-0.05, 0) is 25.5 Å². The van der Waals surface area contributed by atoms with E-state index in [1.807, 2.05) is 26.1 Å². The van der Waals surface area contributed by atoms with E-state index < -0.39 is 0 Å². The number of hydrogen-bond acceptors (Lipinski definition) is 3. The second-order valence-corrected chi connectivity index (χ2v) is 3.34. The average Bonchev–Trinajstić information content (AvgIpc) is 2.18. The molecular weight excluding hydrogens is 174 g/mol. The fraction of sp³-hybridized carbons (Fsp3) is 0.455. The fourth-order valence-electron chi connectivity index (χ4n) is 1.33. The van der Waals surface area contributed by atoms with Gasteiger partial charge in [0.1, 0.15) is 11.9 Å². The van der Waals surface area contributed by atoms with Gasteiger partial charge in [-0.2, -0.15) is 5.26 Å². The molecule has 0 aliphatic rings. The molecule has 1 heterocycles. The Morgan fingerprint density at radius 3 is 2.71 bits per heavy atom. The van der Waals surface area contributed by atoms with Crippen LogP contribution in [0.25, 0.3) is 0 Å². The van der Waals surface area contributed by atoms with Gasteiger partial charge in [0, 0.05) is 13.6 Å². The molecule has 14 heavy (non-hydrogen) atoms. The van der Waals surface area contributed by atoms with E-state index in [2.05, 4.69) is 22.9 Å². The predicted molar refractivity (Wildman–Crippen MR) is 57.3 cm³/mol. The molecule has 0 aromatic carbocycles. The van der Waals surface area contributed by atoms with E-state index in [9.17, 15) is 0 Å². The summed E-state index contributed by atoms with van der Waals surface area (Å²) >= 11 is 0. The second-order valence-electron chi connectivity index (χ2n) is 3.34. The zero-order valence-electron chi connectivity index (χ0n) is 8.91. The van der Waals surface area contributed by atoms with Crippen molar-refractivity contribution in [3.8, 4) is 6.07 Å². The zero-order valence-corrected chi connectivity index (χ0v) is 8.91. The van der Waals surface area contributed by atoms with Gasteiger partial charge in [0.25, 0.3) is 0 Å². The Bertz CT molecular complexity index is 352. The molecule has 0 aliphatic carbocycles. The largest absolute Gasteiger partial charge is 0.360 e. The first-order valence-corrected chi connectivity index (χ1v) is 4.78. The average molecular weight is 189 g/mol. The number of aryl methyl sites for hydroxylation is 1. The lowest BCUT2D eigenvalue weighted by atomic mass is 10.2. The second kappa shape index (κ2) is 4.61. The highest BCUT2D eigenvalue weighted by Gasteiger charge is 2.04. The molecule has 1 aromatic heterocycles. The number of nitriles is 1. The summed E-state index contributed by atoms with van der Waals surface area (Å²) in [5, 5.41) is 8.75. The zero-order chi connectivity index (χ0) is 10.6. The highest BCUT2D eigenvalue weighted by atomic mass is 15.2. The van der Waals surface area contributed by atoms with Crippen LogP contribution < -0.4 is 4.90 Å². The third kappa shape index (κ3) is 2.23. The molecule has 0 N–H and O–H groups in total. The van der Waals surface area contributed by atoms with Gasteiger partial charge < -0.3 is 4.90 Å². The monoisotopic (exact) mass is 189 g/mol. The maximum Gasteiger partial charge on any atom is 0.128 e. The Kier molecular flexibility index (Phi) is 3.47. The minimum absolute atomic E-state index is 0.652. The Balaban J connectivity index is 2.92. The van der Waals surface area contributed by atoms with Crippen LogP contribution in [0.1, 0.15) is 24.6 Å². The van der Waals surface area contributed by atoms with Crippen molar-refractivity contribution in [2.75, 3.05) is 18.5 Å². The number of nitrogens with zero attached hydrogens (tertiary/aromatic N) is 3. The standard InChI is InChI=1S/C11H15N3/c1-4-7-14(3)11-6-5-10(8-12)9(2)13-11/h5-6H,4,7H2,1-3H3. The maximum absolute atomic E-state index is 8.75. The molecule has 0 unspecified atom stereocenters. The van der Waals surface area contributed by atoms with Crippen molar-refractivity contribution in [1.82, 2.24) is 4.98 Å². The first-order chi connectivity index (χ1) is 6.69. The number of aromatic nitrogens is 1. The van der Waals surface area contributed by atoms with Gasteiger partial charge >= 0.3 is 0 Å². The van der Waals surface area contributed by atoms with Gasteiger partial charge in [-0.1, -0.05) is 6.92 Å². The molecule has 3 heteroatoms. The van der Waals surface area contributed by atoms with Crippen molar-refractivity contribution < 1.29 is 0 Å². The van der Waals surface area contributed by atoms with Crippen molar-refractivity contribution in [3.63, 3.8) is 0 Å². The summed E-state index contributed by atoms with van der Waals surface area (Å²) in [7, 11) is 2.01. The Morgan fingerprint density at radius 1 is 1.50 bits per heavy atom. The molecule has 0 radical (unpaired) electrons. The molecule has 1 rings (SSSR count). The summed E-state index contributed by atoms with van der Waals surface area (Å²) in [5.74, 6) is 0.934. The molecular formula is C11H15N3. The highest BCUT2D eigenvalue weighted by molar-refractivity contribution is 5.44. The predicted octanol–water partition coefficient (Wildman–Crippen LogP) is 2.11. The number of hydrogen-bond donors (Lipinski definition) is 0. The van der Waals surface area contributed by atoms with Gasteiger partial charge in [0.05, 0.1) is 11.3 Å². The molecule has 0 saturated heterocycles. The summed E-state index contributed by atoms with van der Waals surface area (Å²) in [6.45, 7) is 4.98. The van der Waals surface area contributed by atoms with Crippen LogP contribution in [0.2, 0.25) is 0 Å². The minimum Gasteiger partial charge on any atom is -0.360 e. The van der Waals surface area contributed by atoms with Crippen LogP contribution in [0, 0.1) is 18.3 Å². The Labute approximate surface area is 85.0 Å². The first kappa shape index (κ1) is 10.5. The van der Waals surface area contributed by atoms with Gasteiger partial charge in [-0.15, -0.1) is 0 Å². The van der Waals surface area contributed by atoms with Crippen molar-refractivity contribution in [3.05, 3.63) is 23.4 Å². The molecule has 1 aromatic rings. The summed E-state index contributed by atoms with van der Waals surface area (Å²) < 4.78 is 0. The SMILES string of the molecule is CCCN(C)c1ccc(C#N)c(C)n1. The molecule has 74 valence electrons. The quantitative estimate of drug-likeness (QED) is 0.731. The molecule has 0 spiro atoms. The molecule has 0 amide bonds. The van der Waals surface area contributed by atoms with Crippen molar-refractivity contribution in [2.24, 2.45) is 0 Å². The van der Waals surface area contributed by atoms with E-state index in [0.717, 1.165) is 24.5 Å². The van der Waals surface area contributed by atoms with Crippen LogP contribution in [0.5, 0.6) is 0 Å². The van der Waals surface area contributed by atoms with E-state index in [-0.39, 0.29) is 0 Å². The van der Waals surface area contributed by atoms with E-state index in [1.54, 1.807) is 0 Å².